The van der Waals surface area contributed by atoms with Gasteiger partial charge in [0, 0.05) is 6.54 Å². The van der Waals surface area contributed by atoms with Crippen LogP contribution in [0.4, 0.5) is 0 Å². The highest BCUT2D eigenvalue weighted by molar-refractivity contribution is 5.70. The van der Waals surface area contributed by atoms with E-state index in [1.165, 1.54) is 0 Å². The molecule has 1 unspecified atom stereocenters. The summed E-state index contributed by atoms with van der Waals surface area (Å²) < 4.78 is 9.96. The van der Waals surface area contributed by atoms with Crippen molar-refractivity contribution in [3.8, 4) is 0 Å². The normalized spacial score (nSPS) is 12.5. The van der Waals surface area contributed by atoms with Crippen LogP contribution in [-0.4, -0.2) is 31.8 Å². The lowest BCUT2D eigenvalue weighted by Gasteiger charge is -2.11. The molecule has 0 fully saturated rings. The summed E-state index contributed by atoms with van der Waals surface area (Å²) in [4.78, 5) is 11.0. The van der Waals surface area contributed by atoms with Crippen molar-refractivity contribution in [3.05, 3.63) is 0 Å². The third-order valence-corrected chi connectivity index (χ3v) is 1.51. The zero-order valence-corrected chi connectivity index (χ0v) is 8.41. The van der Waals surface area contributed by atoms with Gasteiger partial charge in [-0.1, -0.05) is 13.3 Å². The van der Waals surface area contributed by atoms with Gasteiger partial charge in [0.15, 0.2) is 0 Å². The summed E-state index contributed by atoms with van der Waals surface area (Å²) in [7, 11) is 0. The predicted octanol–water partition coefficient (Wildman–Crippen LogP) is 0.694. The number of carbonyl (C=O) groups excluding carboxylic acids is 1. The minimum Gasteiger partial charge on any atom is -0.461 e. The Morgan fingerprint density at radius 2 is 2.23 bits per heavy atom. The fourth-order valence-corrected chi connectivity index (χ4v) is 0.963. The topological polar surface area (TPSA) is 61.5 Å². The summed E-state index contributed by atoms with van der Waals surface area (Å²) in [6.45, 7) is 4.76. The van der Waals surface area contributed by atoms with E-state index < -0.39 is 0 Å². The molecule has 78 valence electrons. The number of esters is 1. The third kappa shape index (κ3) is 7.74. The molecule has 0 aromatic rings. The predicted molar refractivity (Wildman–Crippen MR) is 50.3 cm³/mol. The molecule has 0 aliphatic heterocycles. The number of hydrogen-bond donors (Lipinski definition) is 1. The van der Waals surface area contributed by atoms with Crippen molar-refractivity contribution in [2.75, 3.05) is 19.8 Å². The Bertz CT molecular complexity index is 139. The minimum absolute atomic E-state index is 0.00521. The Balaban J connectivity index is 3.38. The van der Waals surface area contributed by atoms with Crippen LogP contribution in [0.15, 0.2) is 0 Å². The average Bonchev–Trinajstić information content (AvgIpc) is 2.05. The molecule has 0 bridgehead atoms. The van der Waals surface area contributed by atoms with Crippen molar-refractivity contribution >= 4 is 5.97 Å². The number of hydrogen-bond acceptors (Lipinski definition) is 4. The van der Waals surface area contributed by atoms with Gasteiger partial charge in [-0.15, -0.1) is 0 Å². The zero-order valence-electron chi connectivity index (χ0n) is 8.41. The maximum Gasteiger partial charge on any atom is 0.332 e. The summed E-state index contributed by atoms with van der Waals surface area (Å²) in [6, 6.07) is 0. The lowest BCUT2D eigenvalue weighted by atomic mass is 10.2. The molecule has 1 atom stereocenters. The standard InChI is InChI=1S/C9H19NO3/c1-3-4-8(2)13-9(11)7-12-6-5-10/h8H,3-7,10H2,1-2H3. The molecule has 0 aromatic carbocycles. The highest BCUT2D eigenvalue weighted by atomic mass is 16.6. The summed E-state index contributed by atoms with van der Waals surface area (Å²) in [5.74, 6) is -0.311. The van der Waals surface area contributed by atoms with Crippen LogP contribution in [0, 0.1) is 0 Å². The maximum atomic E-state index is 11.0. The van der Waals surface area contributed by atoms with Crippen LogP contribution < -0.4 is 5.73 Å². The molecule has 2 N–H and O–H groups in total. The minimum atomic E-state index is -0.311. The molecule has 0 heterocycles. The van der Waals surface area contributed by atoms with E-state index in [4.69, 9.17) is 15.2 Å². The van der Waals surface area contributed by atoms with Gasteiger partial charge in [0.1, 0.15) is 6.61 Å². The fraction of sp³-hybridized carbons (Fsp3) is 0.889. The fourth-order valence-electron chi connectivity index (χ4n) is 0.963. The molecular formula is C9H19NO3. The molecule has 0 saturated heterocycles. The highest BCUT2D eigenvalue weighted by Crippen LogP contribution is 2.00. The van der Waals surface area contributed by atoms with Crippen LogP contribution in [0.5, 0.6) is 0 Å². The Kier molecular flexibility index (Phi) is 7.63. The molecular weight excluding hydrogens is 170 g/mol. The lowest BCUT2D eigenvalue weighted by molar-refractivity contribution is -0.153. The number of rotatable bonds is 7. The van der Waals surface area contributed by atoms with E-state index in [0.29, 0.717) is 13.2 Å². The van der Waals surface area contributed by atoms with Gasteiger partial charge in [0.2, 0.25) is 0 Å². The van der Waals surface area contributed by atoms with Crippen LogP contribution in [0.1, 0.15) is 26.7 Å². The molecule has 0 aliphatic rings. The van der Waals surface area contributed by atoms with Crippen LogP contribution in [0.2, 0.25) is 0 Å². The molecule has 0 saturated carbocycles. The maximum absolute atomic E-state index is 11.0. The van der Waals surface area contributed by atoms with E-state index in [1.807, 2.05) is 6.92 Å². The quantitative estimate of drug-likeness (QED) is 0.473. The molecule has 13 heavy (non-hydrogen) atoms. The van der Waals surface area contributed by atoms with Crippen molar-refractivity contribution in [2.24, 2.45) is 5.73 Å². The van der Waals surface area contributed by atoms with Gasteiger partial charge in [-0.3, -0.25) is 0 Å². The van der Waals surface area contributed by atoms with Crippen molar-refractivity contribution in [1.29, 1.82) is 0 Å². The molecule has 4 nitrogen and oxygen atoms in total. The monoisotopic (exact) mass is 189 g/mol. The number of ether oxygens (including phenoxy) is 2. The van der Waals surface area contributed by atoms with Gasteiger partial charge >= 0.3 is 5.97 Å². The summed E-state index contributed by atoms with van der Waals surface area (Å²) in [6.07, 6.45) is 1.89. The molecule has 0 rings (SSSR count). The molecule has 4 heteroatoms. The molecule has 0 radical (unpaired) electrons. The lowest BCUT2D eigenvalue weighted by Crippen LogP contribution is -2.20. The first-order valence-corrected chi connectivity index (χ1v) is 4.68. The highest BCUT2D eigenvalue weighted by Gasteiger charge is 2.07. The molecule has 0 aromatic heterocycles. The Morgan fingerprint density at radius 1 is 1.54 bits per heavy atom. The van der Waals surface area contributed by atoms with Crippen LogP contribution >= 0.6 is 0 Å². The van der Waals surface area contributed by atoms with E-state index >= 15 is 0 Å². The van der Waals surface area contributed by atoms with Gasteiger partial charge in [-0.05, 0) is 13.3 Å². The van der Waals surface area contributed by atoms with E-state index in [2.05, 4.69) is 6.92 Å². The van der Waals surface area contributed by atoms with E-state index in [1.54, 1.807) is 0 Å². The second-order valence-corrected chi connectivity index (χ2v) is 2.93. The first-order valence-electron chi connectivity index (χ1n) is 4.68. The van der Waals surface area contributed by atoms with Crippen LogP contribution in [-0.2, 0) is 14.3 Å². The van der Waals surface area contributed by atoms with Crippen LogP contribution in [0.3, 0.4) is 0 Å². The SMILES string of the molecule is CCCC(C)OC(=O)COCCN. The third-order valence-electron chi connectivity index (χ3n) is 1.51. The van der Waals surface area contributed by atoms with Gasteiger partial charge in [-0.25, -0.2) is 4.79 Å². The molecule has 0 spiro atoms. The van der Waals surface area contributed by atoms with Crippen molar-refractivity contribution in [2.45, 2.75) is 32.8 Å². The second-order valence-electron chi connectivity index (χ2n) is 2.93. The van der Waals surface area contributed by atoms with Crippen molar-refractivity contribution < 1.29 is 14.3 Å². The molecule has 0 amide bonds. The number of carbonyl (C=O) groups is 1. The smallest absolute Gasteiger partial charge is 0.332 e. The Morgan fingerprint density at radius 3 is 2.77 bits per heavy atom. The zero-order chi connectivity index (χ0) is 10.1. The molecule has 0 aliphatic carbocycles. The second kappa shape index (κ2) is 8.01. The Hall–Kier alpha value is -0.610. The van der Waals surface area contributed by atoms with E-state index in [-0.39, 0.29) is 18.7 Å². The first kappa shape index (κ1) is 12.4. The summed E-state index contributed by atoms with van der Waals surface area (Å²) in [5, 5.41) is 0. The van der Waals surface area contributed by atoms with Crippen LogP contribution in [0.25, 0.3) is 0 Å². The Labute approximate surface area is 79.4 Å². The first-order chi connectivity index (χ1) is 6.20. The van der Waals surface area contributed by atoms with Gasteiger partial charge in [0.25, 0.3) is 0 Å². The van der Waals surface area contributed by atoms with Gasteiger partial charge in [0.05, 0.1) is 12.7 Å². The van der Waals surface area contributed by atoms with E-state index in [0.717, 1.165) is 12.8 Å². The summed E-state index contributed by atoms with van der Waals surface area (Å²) >= 11 is 0. The van der Waals surface area contributed by atoms with Gasteiger partial charge < -0.3 is 15.2 Å². The van der Waals surface area contributed by atoms with Gasteiger partial charge in [-0.2, -0.15) is 0 Å². The largest absolute Gasteiger partial charge is 0.461 e. The van der Waals surface area contributed by atoms with E-state index in [9.17, 15) is 4.79 Å². The summed E-state index contributed by atoms with van der Waals surface area (Å²) in [5.41, 5.74) is 5.19. The van der Waals surface area contributed by atoms with Crippen molar-refractivity contribution in [3.63, 3.8) is 0 Å². The number of nitrogens with two attached hydrogens (primary N) is 1. The van der Waals surface area contributed by atoms with Crippen molar-refractivity contribution in [1.82, 2.24) is 0 Å². The average molecular weight is 189 g/mol.